The number of azo groups is 2. The van der Waals surface area contributed by atoms with Crippen LogP contribution in [0, 0.1) is 25.6 Å². The van der Waals surface area contributed by atoms with Gasteiger partial charge in [-0.1, -0.05) is 0 Å². The molecule has 0 saturated carbocycles. The van der Waals surface area contributed by atoms with Crippen molar-refractivity contribution >= 4 is 5.96 Å². The zero-order chi connectivity index (χ0) is 13.9. The lowest BCUT2D eigenvalue weighted by Gasteiger charge is -1.85. The van der Waals surface area contributed by atoms with Gasteiger partial charge in [0.15, 0.2) is 5.96 Å². The Bertz CT molecular complexity index is 507. The lowest BCUT2D eigenvalue weighted by Crippen LogP contribution is -2.20. The van der Waals surface area contributed by atoms with Crippen molar-refractivity contribution in [3.05, 3.63) is 43.3 Å². The highest BCUT2D eigenvalue weighted by Gasteiger charge is 2.42. The Balaban J connectivity index is 0.000000357. The van der Waals surface area contributed by atoms with E-state index in [1.54, 1.807) is 0 Å². The highest BCUT2D eigenvalue weighted by molar-refractivity contribution is 5.71. The van der Waals surface area contributed by atoms with E-state index in [2.05, 4.69) is 31.9 Å². The third-order valence-corrected chi connectivity index (χ3v) is 1.48. The van der Waals surface area contributed by atoms with Crippen LogP contribution in [-0.4, -0.2) is 15.8 Å². The summed E-state index contributed by atoms with van der Waals surface area (Å²) in [4.78, 5) is 19.0. The summed E-state index contributed by atoms with van der Waals surface area (Å²) in [6, 6.07) is 0. The molecular formula is C5H5N9O4. The van der Waals surface area contributed by atoms with Crippen LogP contribution in [0.15, 0.2) is 43.5 Å². The summed E-state index contributed by atoms with van der Waals surface area (Å²) >= 11 is 0. The summed E-state index contributed by atoms with van der Waals surface area (Å²) in [7, 11) is 0. The van der Waals surface area contributed by atoms with Crippen LogP contribution in [0.1, 0.15) is 0 Å². The molecule has 94 valence electrons. The van der Waals surface area contributed by atoms with Crippen molar-refractivity contribution in [3.8, 4) is 0 Å². The molecule has 2 aliphatic heterocycles. The lowest BCUT2D eigenvalue weighted by molar-refractivity contribution is -0.427. The highest BCUT2D eigenvalue weighted by Crippen LogP contribution is 2.34. The molecule has 18 heavy (non-hydrogen) atoms. The molecule has 0 fully saturated rings. The van der Waals surface area contributed by atoms with Gasteiger partial charge < -0.3 is 31.7 Å². The monoisotopic (exact) mass is 255 g/mol. The number of fused-ring (bicyclic) bond motifs is 1. The zero-order valence-electron chi connectivity index (χ0n) is 8.47. The van der Waals surface area contributed by atoms with Crippen molar-refractivity contribution < 1.29 is 9.85 Å². The van der Waals surface area contributed by atoms with Gasteiger partial charge in [-0.25, -0.2) is 0 Å². The number of hydrogen-bond acceptors (Lipinski definition) is 9. The Morgan fingerprint density at radius 1 is 0.944 bits per heavy atom. The first kappa shape index (κ1) is 12.8. The second-order valence-electron chi connectivity index (χ2n) is 2.71. The van der Waals surface area contributed by atoms with Gasteiger partial charge in [0.05, 0.1) is 10.2 Å². The molecule has 0 aliphatic carbocycles. The number of rotatable bonds is 2. The van der Waals surface area contributed by atoms with Gasteiger partial charge >= 0.3 is 11.6 Å². The minimum absolute atomic E-state index is 0.262. The number of nitrogens with one attached hydrogen (secondary N) is 1. The Labute approximate surface area is 97.4 Å². The van der Waals surface area contributed by atoms with E-state index in [0.29, 0.717) is 0 Å². The first-order valence-corrected chi connectivity index (χ1v) is 4.05. The van der Waals surface area contributed by atoms with Gasteiger partial charge in [-0.3, -0.25) is 5.41 Å². The van der Waals surface area contributed by atoms with Crippen LogP contribution in [0.5, 0.6) is 0 Å². The van der Waals surface area contributed by atoms with E-state index in [4.69, 9.17) is 5.41 Å². The average molecular weight is 255 g/mol. The fourth-order valence-corrected chi connectivity index (χ4v) is 0.931. The topological polar surface area (TPSA) is 212 Å². The third kappa shape index (κ3) is 2.46. The molecule has 0 bridgehead atoms. The van der Waals surface area contributed by atoms with Crippen LogP contribution in [0.4, 0.5) is 0 Å². The fourth-order valence-electron chi connectivity index (χ4n) is 0.931. The van der Waals surface area contributed by atoms with E-state index in [1.165, 1.54) is 0 Å². The summed E-state index contributed by atoms with van der Waals surface area (Å²) in [5.74, 6) is -1.58. The molecule has 0 aromatic rings. The standard InChI is InChI=1S/C4N6O4.CH5N3/c11-9(12)3-1-2(6-7-3)4(8-5-1)10(13)14;2-1(3)4/h;(H5,2,3,4). The van der Waals surface area contributed by atoms with Crippen LogP contribution in [-0.2, 0) is 0 Å². The van der Waals surface area contributed by atoms with Gasteiger partial charge in [0, 0.05) is 0 Å². The number of nitrogens with zero attached hydrogens (tertiary/aromatic N) is 6. The van der Waals surface area contributed by atoms with Gasteiger partial charge in [0.2, 0.25) is 11.4 Å². The first-order chi connectivity index (χ1) is 8.34. The van der Waals surface area contributed by atoms with Crippen LogP contribution in [0.2, 0.25) is 0 Å². The molecule has 0 amide bonds. The van der Waals surface area contributed by atoms with Gasteiger partial charge in [-0.2, -0.15) is 0 Å². The smallest absolute Gasteiger partial charge is 0.370 e. The average Bonchev–Trinajstić information content (AvgIpc) is 2.73. The Hall–Kier alpha value is -3.25. The largest absolute Gasteiger partial charge is 0.423 e. The van der Waals surface area contributed by atoms with Crippen LogP contribution >= 0.6 is 0 Å². The SMILES string of the molecule is N=C(N)N.O=[N+]([O-])C1=C2N=NC([N+](=O)[O-])=C2N=N1. The van der Waals surface area contributed by atoms with E-state index in [-0.39, 0.29) is 17.4 Å². The van der Waals surface area contributed by atoms with Crippen molar-refractivity contribution in [3.63, 3.8) is 0 Å². The minimum atomic E-state index is -0.826. The summed E-state index contributed by atoms with van der Waals surface area (Å²) in [6.07, 6.45) is 0. The first-order valence-electron chi connectivity index (χ1n) is 4.05. The van der Waals surface area contributed by atoms with Gasteiger partial charge in [0.25, 0.3) is 0 Å². The maximum absolute atomic E-state index is 10.3. The molecule has 0 spiro atoms. The molecule has 2 heterocycles. The second kappa shape index (κ2) is 4.73. The molecule has 0 aromatic carbocycles. The molecule has 0 unspecified atom stereocenters. The molecular weight excluding hydrogens is 250 g/mol. The number of nitro groups is 2. The van der Waals surface area contributed by atoms with Gasteiger partial charge in [0.1, 0.15) is 0 Å². The minimum Gasteiger partial charge on any atom is -0.370 e. The fraction of sp³-hybridized carbons (Fsp3) is 0. The van der Waals surface area contributed by atoms with Crippen LogP contribution in [0.25, 0.3) is 0 Å². The molecule has 13 heteroatoms. The second-order valence-corrected chi connectivity index (χ2v) is 2.71. The molecule has 0 aromatic heterocycles. The number of guanidine groups is 1. The van der Waals surface area contributed by atoms with Crippen molar-refractivity contribution in [2.45, 2.75) is 0 Å². The molecule has 0 atom stereocenters. The summed E-state index contributed by atoms with van der Waals surface area (Å²) in [5.41, 5.74) is 8.42. The molecule has 0 radical (unpaired) electrons. The van der Waals surface area contributed by atoms with Crippen molar-refractivity contribution in [2.24, 2.45) is 31.9 Å². The van der Waals surface area contributed by atoms with E-state index < -0.39 is 21.5 Å². The highest BCUT2D eigenvalue weighted by atomic mass is 16.6. The molecule has 0 saturated heterocycles. The summed E-state index contributed by atoms with van der Waals surface area (Å²) < 4.78 is 0. The number of nitrogens with two attached hydrogens (primary N) is 2. The Morgan fingerprint density at radius 3 is 1.44 bits per heavy atom. The van der Waals surface area contributed by atoms with E-state index in [9.17, 15) is 20.2 Å². The quantitative estimate of drug-likeness (QED) is 0.259. The summed E-state index contributed by atoms with van der Waals surface area (Å²) in [6.45, 7) is 0. The van der Waals surface area contributed by atoms with Crippen LogP contribution in [0.3, 0.4) is 0 Å². The van der Waals surface area contributed by atoms with E-state index in [1.807, 2.05) is 0 Å². The normalized spacial score (nSPS) is 15.3. The van der Waals surface area contributed by atoms with E-state index in [0.717, 1.165) is 0 Å². The molecule has 2 rings (SSSR count). The Kier molecular flexibility index (Phi) is 3.36. The number of hydrogen-bond donors (Lipinski definition) is 3. The van der Waals surface area contributed by atoms with Crippen molar-refractivity contribution in [1.29, 1.82) is 5.41 Å². The predicted octanol–water partition coefficient (Wildman–Crippen LogP) is -0.352. The van der Waals surface area contributed by atoms with Gasteiger partial charge in [-0.05, 0) is 20.1 Å². The van der Waals surface area contributed by atoms with Gasteiger partial charge in [-0.15, -0.1) is 0 Å². The van der Waals surface area contributed by atoms with Crippen LogP contribution < -0.4 is 11.5 Å². The maximum Gasteiger partial charge on any atom is 0.423 e. The summed E-state index contributed by atoms with van der Waals surface area (Å²) in [5, 5.41) is 39.5. The zero-order valence-corrected chi connectivity index (χ0v) is 8.47. The Morgan fingerprint density at radius 2 is 1.22 bits per heavy atom. The lowest BCUT2D eigenvalue weighted by atomic mass is 10.3. The predicted molar refractivity (Wildman–Crippen MR) is 53.9 cm³/mol. The third-order valence-electron chi connectivity index (χ3n) is 1.48. The van der Waals surface area contributed by atoms with E-state index >= 15 is 0 Å². The molecule has 5 N–H and O–H groups in total. The molecule has 2 aliphatic rings. The molecule has 13 nitrogen and oxygen atoms in total. The van der Waals surface area contributed by atoms with Crippen molar-refractivity contribution in [2.75, 3.05) is 0 Å². The maximum atomic E-state index is 10.3. The van der Waals surface area contributed by atoms with Crippen molar-refractivity contribution in [1.82, 2.24) is 0 Å².